The van der Waals surface area contributed by atoms with Crippen molar-refractivity contribution in [2.24, 2.45) is 0 Å². The third-order valence-corrected chi connectivity index (χ3v) is 2.46. The van der Waals surface area contributed by atoms with Gasteiger partial charge in [0.1, 0.15) is 11.4 Å². The average molecular weight is 286 g/mol. The lowest BCUT2D eigenvalue weighted by Gasteiger charge is -2.29. The predicted molar refractivity (Wildman–Crippen MR) is 60.6 cm³/mol. The van der Waals surface area contributed by atoms with E-state index in [1.54, 1.807) is 0 Å². The third kappa shape index (κ3) is 2.66. The molecular weight excluding hydrogens is 277 g/mol. The number of cyclic esters (lactones) is 2. The van der Waals surface area contributed by atoms with Crippen LogP contribution in [0.3, 0.4) is 0 Å². The summed E-state index contributed by atoms with van der Waals surface area (Å²) in [5.41, 5.74) is -1.07. The van der Waals surface area contributed by atoms with Gasteiger partial charge in [-0.05, 0) is 12.1 Å². The first-order valence-electron chi connectivity index (χ1n) is 5.52. The molecule has 106 valence electrons. The Balaban J connectivity index is 2.43. The molecule has 1 heterocycles. The summed E-state index contributed by atoms with van der Waals surface area (Å²) in [6.07, 6.45) is 0.748. The highest BCUT2D eigenvalue weighted by Crippen LogP contribution is 2.25. The molecule has 0 aliphatic carbocycles. The van der Waals surface area contributed by atoms with E-state index in [2.05, 4.69) is 0 Å². The normalized spacial score (nSPS) is 17.6. The molecule has 0 amide bonds. The molecule has 0 radical (unpaired) electrons. The van der Waals surface area contributed by atoms with Gasteiger partial charge in [0.15, 0.2) is 11.6 Å². The van der Waals surface area contributed by atoms with Crippen molar-refractivity contribution in [1.29, 1.82) is 0 Å². The van der Waals surface area contributed by atoms with Crippen LogP contribution >= 0.6 is 0 Å². The minimum absolute atomic E-state index is 0.311. The molecule has 4 nitrogen and oxygen atoms in total. The zero-order valence-corrected chi connectivity index (χ0v) is 10.5. The van der Waals surface area contributed by atoms with E-state index >= 15 is 0 Å². The van der Waals surface area contributed by atoms with Gasteiger partial charge in [-0.25, -0.2) is 22.8 Å². The van der Waals surface area contributed by atoms with Crippen LogP contribution in [-0.2, 0) is 19.1 Å². The first-order valence-corrected chi connectivity index (χ1v) is 5.52. The van der Waals surface area contributed by atoms with Crippen LogP contribution in [0.5, 0.6) is 0 Å². The van der Waals surface area contributed by atoms with Gasteiger partial charge in [-0.2, -0.15) is 0 Å². The van der Waals surface area contributed by atoms with Crippen LogP contribution in [0.15, 0.2) is 17.7 Å². The molecule has 0 aromatic heterocycles. The number of carbonyl (C=O) groups is 2. The van der Waals surface area contributed by atoms with Crippen LogP contribution in [0.25, 0.3) is 6.08 Å². The van der Waals surface area contributed by atoms with Crippen LogP contribution in [0.4, 0.5) is 13.2 Å². The molecule has 1 aliphatic heterocycles. The van der Waals surface area contributed by atoms with Crippen LogP contribution in [0.1, 0.15) is 19.4 Å². The van der Waals surface area contributed by atoms with E-state index in [0.717, 1.165) is 6.08 Å². The standard InChI is InChI=1S/C13H9F3O4/c1-13(2)19-11(17)7(12(18)20-13)3-6-4-9(15)10(16)5-8(6)14/h3-5H,1-2H3. The Hall–Kier alpha value is -2.31. The van der Waals surface area contributed by atoms with Gasteiger partial charge in [0, 0.05) is 25.5 Å². The molecule has 20 heavy (non-hydrogen) atoms. The molecule has 2 rings (SSSR count). The van der Waals surface area contributed by atoms with Crippen molar-refractivity contribution in [3.63, 3.8) is 0 Å². The van der Waals surface area contributed by atoms with E-state index in [0.29, 0.717) is 12.1 Å². The van der Waals surface area contributed by atoms with Crippen LogP contribution in [-0.4, -0.2) is 17.7 Å². The first kappa shape index (κ1) is 14.1. The fraction of sp³-hybridized carbons (Fsp3) is 0.231. The SMILES string of the molecule is CC1(C)OC(=O)C(=Cc2cc(F)c(F)cc2F)C(=O)O1. The maximum Gasteiger partial charge on any atom is 0.348 e. The Kier molecular flexibility index (Phi) is 3.29. The molecule has 0 spiro atoms. The summed E-state index contributed by atoms with van der Waals surface area (Å²) in [5, 5.41) is 0. The Labute approximate surface area is 111 Å². The van der Waals surface area contributed by atoms with Gasteiger partial charge >= 0.3 is 11.9 Å². The highest BCUT2D eigenvalue weighted by atomic mass is 19.2. The van der Waals surface area contributed by atoms with Crippen molar-refractivity contribution in [2.75, 3.05) is 0 Å². The van der Waals surface area contributed by atoms with E-state index < -0.39 is 46.3 Å². The fourth-order valence-corrected chi connectivity index (χ4v) is 1.58. The van der Waals surface area contributed by atoms with Crippen molar-refractivity contribution in [3.05, 3.63) is 40.7 Å². The van der Waals surface area contributed by atoms with E-state index in [9.17, 15) is 22.8 Å². The van der Waals surface area contributed by atoms with Gasteiger partial charge in [-0.3, -0.25) is 0 Å². The summed E-state index contributed by atoms with van der Waals surface area (Å²) >= 11 is 0. The summed E-state index contributed by atoms with van der Waals surface area (Å²) in [7, 11) is 0. The Morgan fingerprint density at radius 3 is 2.00 bits per heavy atom. The largest absolute Gasteiger partial charge is 0.419 e. The summed E-state index contributed by atoms with van der Waals surface area (Å²) in [6, 6.07) is 0.836. The smallest absolute Gasteiger partial charge is 0.348 e. The van der Waals surface area contributed by atoms with Crippen LogP contribution < -0.4 is 0 Å². The Morgan fingerprint density at radius 1 is 0.950 bits per heavy atom. The molecule has 7 heteroatoms. The number of halogens is 3. The van der Waals surface area contributed by atoms with E-state index in [1.807, 2.05) is 0 Å². The van der Waals surface area contributed by atoms with Crippen molar-refractivity contribution in [3.8, 4) is 0 Å². The van der Waals surface area contributed by atoms with Gasteiger partial charge < -0.3 is 9.47 Å². The van der Waals surface area contributed by atoms with Crippen molar-refractivity contribution >= 4 is 18.0 Å². The lowest BCUT2D eigenvalue weighted by molar-refractivity contribution is -0.222. The molecule has 0 atom stereocenters. The number of esters is 2. The molecule has 0 unspecified atom stereocenters. The van der Waals surface area contributed by atoms with Crippen molar-refractivity contribution in [1.82, 2.24) is 0 Å². The van der Waals surface area contributed by atoms with E-state index in [-0.39, 0.29) is 0 Å². The molecule has 1 aromatic carbocycles. The lowest BCUT2D eigenvalue weighted by Crippen LogP contribution is -2.41. The predicted octanol–water partition coefficient (Wildman–Crippen LogP) is 2.32. The monoisotopic (exact) mass is 286 g/mol. The van der Waals surface area contributed by atoms with Crippen LogP contribution in [0, 0.1) is 17.5 Å². The zero-order valence-electron chi connectivity index (χ0n) is 10.5. The molecule has 1 fully saturated rings. The van der Waals surface area contributed by atoms with Crippen LogP contribution in [0.2, 0.25) is 0 Å². The second-order valence-corrected chi connectivity index (χ2v) is 4.52. The second kappa shape index (κ2) is 4.66. The Morgan fingerprint density at radius 2 is 1.45 bits per heavy atom. The number of ether oxygens (including phenoxy) is 2. The maximum absolute atomic E-state index is 13.4. The molecule has 0 N–H and O–H groups in total. The minimum Gasteiger partial charge on any atom is -0.419 e. The number of hydrogen-bond donors (Lipinski definition) is 0. The number of benzene rings is 1. The lowest BCUT2D eigenvalue weighted by atomic mass is 10.1. The molecule has 0 bridgehead atoms. The number of carbonyl (C=O) groups excluding carboxylic acids is 2. The minimum atomic E-state index is -1.43. The molecule has 1 saturated heterocycles. The summed E-state index contributed by atoms with van der Waals surface area (Å²) in [6.45, 7) is 2.69. The zero-order chi connectivity index (χ0) is 15.1. The Bertz CT molecular complexity index is 613. The molecule has 1 aromatic rings. The average Bonchev–Trinajstić information content (AvgIpc) is 2.28. The summed E-state index contributed by atoms with van der Waals surface area (Å²) in [5.74, 6) is -7.30. The molecule has 1 aliphatic rings. The fourth-order valence-electron chi connectivity index (χ4n) is 1.58. The summed E-state index contributed by atoms with van der Waals surface area (Å²) in [4.78, 5) is 23.2. The summed E-state index contributed by atoms with van der Waals surface area (Å²) < 4.78 is 48.8. The second-order valence-electron chi connectivity index (χ2n) is 4.52. The van der Waals surface area contributed by atoms with Gasteiger partial charge in [0.25, 0.3) is 5.79 Å². The highest BCUT2D eigenvalue weighted by molar-refractivity contribution is 6.18. The van der Waals surface area contributed by atoms with E-state index in [1.165, 1.54) is 13.8 Å². The van der Waals surface area contributed by atoms with Crippen molar-refractivity contribution in [2.45, 2.75) is 19.6 Å². The van der Waals surface area contributed by atoms with Crippen molar-refractivity contribution < 1.29 is 32.2 Å². The quantitative estimate of drug-likeness (QED) is 0.344. The van der Waals surface area contributed by atoms with Gasteiger partial charge in [-0.1, -0.05) is 0 Å². The molecular formula is C13H9F3O4. The number of rotatable bonds is 1. The van der Waals surface area contributed by atoms with E-state index in [4.69, 9.17) is 9.47 Å². The van der Waals surface area contributed by atoms with Gasteiger partial charge in [0.05, 0.1) is 0 Å². The number of hydrogen-bond acceptors (Lipinski definition) is 4. The van der Waals surface area contributed by atoms with Gasteiger partial charge in [0.2, 0.25) is 0 Å². The maximum atomic E-state index is 13.4. The third-order valence-electron chi connectivity index (χ3n) is 2.46. The first-order chi connectivity index (χ1) is 9.19. The highest BCUT2D eigenvalue weighted by Gasteiger charge is 2.39. The molecule has 0 saturated carbocycles. The topological polar surface area (TPSA) is 52.6 Å². The van der Waals surface area contributed by atoms with Gasteiger partial charge in [-0.15, -0.1) is 0 Å².